The van der Waals surface area contributed by atoms with Gasteiger partial charge in [0.05, 0.1) is 0 Å². The van der Waals surface area contributed by atoms with Crippen LogP contribution in [0.3, 0.4) is 0 Å². The van der Waals surface area contributed by atoms with Crippen molar-refractivity contribution in [3.8, 4) is 0 Å². The molecule has 4 N–H and O–H groups in total. The molecule has 5 heteroatoms. The van der Waals surface area contributed by atoms with Crippen molar-refractivity contribution in [2.24, 2.45) is 5.84 Å². The van der Waals surface area contributed by atoms with E-state index in [0.29, 0.717) is 0 Å². The number of carbonyl (C=O) groups excluding carboxylic acids is 1. The third-order valence-corrected chi connectivity index (χ3v) is 0.325. The first kappa shape index (κ1) is 5.90. The number of hydrogen-bond acceptors (Lipinski definition) is 3. The van der Waals surface area contributed by atoms with Crippen molar-refractivity contribution in [3.05, 3.63) is 0 Å². The highest BCUT2D eigenvalue weighted by atomic mass is 16.4. The van der Waals surface area contributed by atoms with Gasteiger partial charge < -0.3 is 5.11 Å². The molecule has 0 aromatic rings. The number of carbonyl (C=O) groups is 2. The lowest BCUT2D eigenvalue weighted by molar-refractivity contribution is -0.150. The van der Waals surface area contributed by atoms with Crippen LogP contribution in [-0.4, -0.2) is 17.0 Å². The van der Waals surface area contributed by atoms with E-state index in [4.69, 9.17) is 5.11 Å². The predicted octanol–water partition coefficient (Wildman–Crippen LogP) is -1.94. The lowest BCUT2D eigenvalue weighted by Crippen LogP contribution is -2.35. The van der Waals surface area contributed by atoms with E-state index < -0.39 is 11.9 Å². The zero-order valence-corrected chi connectivity index (χ0v) is 3.34. The van der Waals surface area contributed by atoms with Crippen LogP contribution in [0.25, 0.3) is 0 Å². The van der Waals surface area contributed by atoms with Crippen molar-refractivity contribution in [3.63, 3.8) is 0 Å². The standard InChI is InChI=1S/C2H4N2O3/c3-4-1(5)2(6)7/h3H2,(H,4,5)(H,6,7). The number of carboxylic acids is 1. The molecule has 0 aliphatic heterocycles. The molecule has 0 aliphatic rings. The summed E-state index contributed by atoms with van der Waals surface area (Å²) in [6, 6.07) is 0. The molecule has 0 bridgehead atoms. The van der Waals surface area contributed by atoms with Gasteiger partial charge in [-0.05, 0) is 0 Å². The summed E-state index contributed by atoms with van der Waals surface area (Å²) in [5.74, 6) is 1.60. The molecule has 0 fully saturated rings. The molecule has 0 saturated heterocycles. The van der Waals surface area contributed by atoms with Crippen LogP contribution in [-0.2, 0) is 9.59 Å². The first-order chi connectivity index (χ1) is 3.18. The summed E-state index contributed by atoms with van der Waals surface area (Å²) in [6.07, 6.45) is 0. The van der Waals surface area contributed by atoms with Crippen molar-refractivity contribution in [2.75, 3.05) is 0 Å². The maximum atomic E-state index is 9.68. The number of carboxylic acid groups (broad SMARTS) is 1. The molecule has 0 rings (SSSR count). The monoisotopic (exact) mass is 104 g/mol. The Labute approximate surface area is 39.1 Å². The summed E-state index contributed by atoms with van der Waals surface area (Å²) in [6.45, 7) is 0. The summed E-state index contributed by atoms with van der Waals surface area (Å²) >= 11 is 0. The molecule has 0 radical (unpaired) electrons. The van der Waals surface area contributed by atoms with Gasteiger partial charge in [-0.15, -0.1) is 0 Å². The van der Waals surface area contributed by atoms with E-state index in [1.807, 2.05) is 0 Å². The van der Waals surface area contributed by atoms with Crippen LogP contribution in [0.4, 0.5) is 0 Å². The second-order valence-corrected chi connectivity index (χ2v) is 0.779. The Kier molecular flexibility index (Phi) is 1.80. The van der Waals surface area contributed by atoms with Crippen LogP contribution in [0.15, 0.2) is 0 Å². The number of rotatable bonds is 0. The molecule has 0 spiro atoms. The predicted molar refractivity (Wildman–Crippen MR) is 20.0 cm³/mol. The Balaban J connectivity index is 3.58. The van der Waals surface area contributed by atoms with Gasteiger partial charge in [-0.2, -0.15) is 0 Å². The highest BCUT2D eigenvalue weighted by molar-refractivity contribution is 6.31. The molecule has 40 valence electrons. The summed E-state index contributed by atoms with van der Waals surface area (Å²) in [5.41, 5.74) is 1.43. The Hall–Kier alpha value is -1.10. The minimum Gasteiger partial charge on any atom is -0.474 e. The van der Waals surface area contributed by atoms with Crippen molar-refractivity contribution in [2.45, 2.75) is 0 Å². The highest BCUT2D eigenvalue weighted by Gasteiger charge is 2.05. The first-order valence-corrected chi connectivity index (χ1v) is 1.42. The number of aliphatic carboxylic acids is 1. The average Bonchev–Trinajstić information content (AvgIpc) is 1.65. The number of hydrazine groups is 1. The van der Waals surface area contributed by atoms with Gasteiger partial charge in [0.1, 0.15) is 0 Å². The third kappa shape index (κ3) is 1.72. The maximum absolute atomic E-state index is 9.68. The number of nitrogens with two attached hydrogens (primary N) is 1. The van der Waals surface area contributed by atoms with Crippen LogP contribution >= 0.6 is 0 Å². The van der Waals surface area contributed by atoms with Crippen molar-refractivity contribution >= 4 is 11.9 Å². The fourth-order valence-electron chi connectivity index (χ4n) is 0.0617. The quantitative estimate of drug-likeness (QED) is 0.144. The largest absolute Gasteiger partial charge is 0.474 e. The van der Waals surface area contributed by atoms with Gasteiger partial charge in [0, 0.05) is 0 Å². The Morgan fingerprint density at radius 1 is 1.57 bits per heavy atom. The van der Waals surface area contributed by atoms with E-state index in [-0.39, 0.29) is 0 Å². The maximum Gasteiger partial charge on any atom is 0.395 e. The normalized spacial score (nSPS) is 7.57. The first-order valence-electron chi connectivity index (χ1n) is 1.42. The van der Waals surface area contributed by atoms with Gasteiger partial charge in [-0.1, -0.05) is 0 Å². The van der Waals surface area contributed by atoms with E-state index in [1.165, 1.54) is 5.43 Å². The van der Waals surface area contributed by atoms with Gasteiger partial charge in [-0.25, -0.2) is 10.6 Å². The van der Waals surface area contributed by atoms with Gasteiger partial charge in [0.2, 0.25) is 0 Å². The van der Waals surface area contributed by atoms with Crippen molar-refractivity contribution in [1.29, 1.82) is 0 Å². The molecule has 0 aliphatic carbocycles. The summed E-state index contributed by atoms with van der Waals surface area (Å²) in [7, 11) is 0. The lowest BCUT2D eigenvalue weighted by atomic mass is 10.7. The SMILES string of the molecule is NNC(=O)C(=O)O. The molecule has 0 atom stereocenters. The Bertz CT molecular complexity index is 99.1. The molecule has 7 heavy (non-hydrogen) atoms. The van der Waals surface area contributed by atoms with Crippen molar-refractivity contribution < 1.29 is 14.7 Å². The van der Waals surface area contributed by atoms with Gasteiger partial charge in [0.15, 0.2) is 0 Å². The van der Waals surface area contributed by atoms with E-state index >= 15 is 0 Å². The molecular formula is C2H4N2O3. The second-order valence-electron chi connectivity index (χ2n) is 0.779. The zero-order chi connectivity index (χ0) is 5.86. The minimum atomic E-state index is -1.58. The van der Waals surface area contributed by atoms with Crippen LogP contribution in [0.5, 0.6) is 0 Å². The fourth-order valence-corrected chi connectivity index (χ4v) is 0.0617. The number of amides is 1. The lowest BCUT2D eigenvalue weighted by Gasteiger charge is -1.85. The van der Waals surface area contributed by atoms with Crippen LogP contribution in [0, 0.1) is 0 Å². The molecule has 1 amide bonds. The van der Waals surface area contributed by atoms with E-state index in [2.05, 4.69) is 5.84 Å². The Morgan fingerprint density at radius 2 is 2.00 bits per heavy atom. The van der Waals surface area contributed by atoms with Gasteiger partial charge >= 0.3 is 11.9 Å². The number of hydrogen-bond donors (Lipinski definition) is 3. The van der Waals surface area contributed by atoms with E-state index in [1.54, 1.807) is 0 Å². The van der Waals surface area contributed by atoms with Crippen LogP contribution < -0.4 is 11.3 Å². The van der Waals surface area contributed by atoms with E-state index in [0.717, 1.165) is 0 Å². The van der Waals surface area contributed by atoms with Gasteiger partial charge in [0.25, 0.3) is 0 Å². The minimum absolute atomic E-state index is 1.21. The van der Waals surface area contributed by atoms with Crippen molar-refractivity contribution in [1.82, 2.24) is 5.43 Å². The third-order valence-electron chi connectivity index (χ3n) is 0.325. The molecule has 0 aromatic carbocycles. The second kappa shape index (κ2) is 2.14. The summed E-state index contributed by atoms with van der Waals surface area (Å²) in [4.78, 5) is 19.1. The van der Waals surface area contributed by atoms with Crippen LogP contribution in [0.2, 0.25) is 0 Å². The Morgan fingerprint density at radius 3 is 2.00 bits per heavy atom. The van der Waals surface area contributed by atoms with E-state index in [9.17, 15) is 9.59 Å². The average molecular weight is 104 g/mol. The smallest absolute Gasteiger partial charge is 0.395 e. The highest BCUT2D eigenvalue weighted by Crippen LogP contribution is 1.56. The molecule has 5 nitrogen and oxygen atoms in total. The molecule has 0 saturated carbocycles. The fraction of sp³-hybridized carbons (Fsp3) is 0. The van der Waals surface area contributed by atoms with Crippen LogP contribution in [0.1, 0.15) is 0 Å². The summed E-state index contributed by atoms with van der Waals surface area (Å²) < 4.78 is 0. The number of nitrogens with one attached hydrogen (secondary N) is 1. The summed E-state index contributed by atoms with van der Waals surface area (Å²) in [5, 5.41) is 7.69. The topological polar surface area (TPSA) is 92.4 Å². The molecule has 0 heterocycles. The zero-order valence-electron chi connectivity index (χ0n) is 3.34. The molecular weight excluding hydrogens is 100 g/mol. The molecule has 0 aromatic heterocycles. The molecule has 0 unspecified atom stereocenters. The van der Waals surface area contributed by atoms with Gasteiger partial charge in [-0.3, -0.25) is 10.2 Å².